The summed E-state index contributed by atoms with van der Waals surface area (Å²) in [5, 5.41) is 12.2. The van der Waals surface area contributed by atoms with Crippen LogP contribution in [0.25, 0.3) is 28.0 Å². The Kier molecular flexibility index (Phi) is 9.77. The van der Waals surface area contributed by atoms with E-state index in [1.165, 1.54) is 28.8 Å². The Labute approximate surface area is 295 Å². The number of carbonyl (C=O) groups excluding carboxylic acids is 1. The van der Waals surface area contributed by atoms with Gasteiger partial charge in [-0.2, -0.15) is 4.98 Å². The van der Waals surface area contributed by atoms with Gasteiger partial charge < -0.3 is 29.1 Å². The molecule has 0 aliphatic carbocycles. The molecule has 12 nitrogen and oxygen atoms in total. The van der Waals surface area contributed by atoms with Crippen LogP contribution < -0.4 is 15.3 Å². The molecule has 6 rings (SSSR count). The van der Waals surface area contributed by atoms with Gasteiger partial charge in [0, 0.05) is 37.4 Å². The van der Waals surface area contributed by atoms with E-state index in [-0.39, 0.29) is 83.9 Å². The van der Waals surface area contributed by atoms with Gasteiger partial charge in [-0.25, -0.2) is 27.9 Å². The van der Waals surface area contributed by atoms with Gasteiger partial charge in [-0.15, -0.1) is 0 Å². The third-order valence-corrected chi connectivity index (χ3v) is 8.84. The maximum absolute atomic E-state index is 16.5. The predicted octanol–water partition coefficient (Wildman–Crippen LogP) is 5.91. The molecule has 0 spiro atoms. The van der Waals surface area contributed by atoms with Crippen molar-refractivity contribution in [2.24, 2.45) is 0 Å². The molecule has 4 aromatic rings. The van der Waals surface area contributed by atoms with Gasteiger partial charge in [0.1, 0.15) is 47.5 Å². The Morgan fingerprint density at radius 3 is 2.49 bits per heavy atom. The van der Waals surface area contributed by atoms with Gasteiger partial charge in [-0.05, 0) is 71.7 Å². The van der Waals surface area contributed by atoms with Crippen molar-refractivity contribution >= 4 is 22.9 Å². The van der Waals surface area contributed by atoms with Crippen LogP contribution in [0.5, 0.6) is 5.75 Å². The molecular formula is C37H44F2N6O6. The molecule has 272 valence electrons. The zero-order chi connectivity index (χ0) is 36.9. The molecule has 0 saturated carbocycles. The molecule has 1 saturated heterocycles. The molecule has 3 aromatic heterocycles. The highest BCUT2D eigenvalue weighted by atomic mass is 19.1. The van der Waals surface area contributed by atoms with Crippen LogP contribution in [0, 0.1) is 11.6 Å². The van der Waals surface area contributed by atoms with E-state index in [9.17, 15) is 14.7 Å². The van der Waals surface area contributed by atoms with Crippen molar-refractivity contribution in [3.8, 4) is 22.7 Å². The number of amides is 1. The number of fused-ring (bicyclic) bond motifs is 5. The summed E-state index contributed by atoms with van der Waals surface area (Å²) in [7, 11) is 0. The van der Waals surface area contributed by atoms with Crippen LogP contribution in [0.1, 0.15) is 78.7 Å². The second-order valence-corrected chi connectivity index (χ2v) is 14.6. The summed E-state index contributed by atoms with van der Waals surface area (Å²) < 4.78 is 51.2. The fourth-order valence-corrected chi connectivity index (χ4v) is 6.64. The van der Waals surface area contributed by atoms with Gasteiger partial charge in [0.2, 0.25) is 0 Å². The Bertz CT molecular complexity index is 2030. The Balaban J connectivity index is 1.64. The minimum absolute atomic E-state index is 0.0150. The lowest BCUT2D eigenvalue weighted by Gasteiger charge is -2.41. The van der Waals surface area contributed by atoms with Gasteiger partial charge in [0.25, 0.3) is 0 Å². The van der Waals surface area contributed by atoms with Crippen LogP contribution in [0.3, 0.4) is 0 Å². The molecule has 1 N–H and O–H groups in total. The van der Waals surface area contributed by atoms with Crippen LogP contribution in [-0.2, 0) is 9.47 Å². The van der Waals surface area contributed by atoms with E-state index < -0.39 is 41.2 Å². The van der Waals surface area contributed by atoms with E-state index in [0.29, 0.717) is 11.3 Å². The average Bonchev–Trinajstić information content (AvgIpc) is 3.04. The molecule has 3 atom stereocenters. The lowest BCUT2D eigenvalue weighted by atomic mass is 9.97. The lowest BCUT2D eigenvalue weighted by molar-refractivity contribution is -0.0843. The Morgan fingerprint density at radius 1 is 1.08 bits per heavy atom. The number of hydrogen-bond acceptors (Lipinski definition) is 10. The SMILES string of the molecule is CC(C)OC1COc2cccc(F)c2-c2nc3c(cc2F)c(N2CCN(C(=O)OC(C)(C)C)C[C@@H]2C)nc(=O)n3-c2c(ccnc2C(C)C)C1O. The molecule has 2 aliphatic rings. The highest BCUT2D eigenvalue weighted by Crippen LogP contribution is 2.39. The zero-order valence-electron chi connectivity index (χ0n) is 30.1. The van der Waals surface area contributed by atoms with E-state index in [4.69, 9.17) is 14.2 Å². The molecule has 2 unspecified atom stereocenters. The lowest BCUT2D eigenvalue weighted by Crippen LogP contribution is -2.55. The van der Waals surface area contributed by atoms with Crippen LogP contribution in [-0.4, -0.2) is 85.7 Å². The Hall–Kier alpha value is -4.69. The van der Waals surface area contributed by atoms with E-state index in [2.05, 4.69) is 15.0 Å². The third kappa shape index (κ3) is 6.98. The topological polar surface area (TPSA) is 132 Å². The first-order chi connectivity index (χ1) is 24.1. The monoisotopic (exact) mass is 706 g/mol. The van der Waals surface area contributed by atoms with Gasteiger partial charge in [0.05, 0.1) is 28.4 Å². The van der Waals surface area contributed by atoms with Gasteiger partial charge >= 0.3 is 11.8 Å². The van der Waals surface area contributed by atoms with Gasteiger partial charge in [-0.1, -0.05) is 19.9 Å². The molecule has 5 heterocycles. The molecule has 0 radical (unpaired) electrons. The van der Waals surface area contributed by atoms with Crippen molar-refractivity contribution in [2.75, 3.05) is 31.1 Å². The molecule has 1 amide bonds. The molecule has 1 fully saturated rings. The molecule has 2 bridgehead atoms. The summed E-state index contributed by atoms with van der Waals surface area (Å²) in [6, 6.07) is 6.50. The summed E-state index contributed by atoms with van der Waals surface area (Å²) >= 11 is 0. The summed E-state index contributed by atoms with van der Waals surface area (Å²) in [5.74, 6) is -1.78. The highest BCUT2D eigenvalue weighted by molar-refractivity contribution is 5.91. The number of aliphatic hydroxyl groups is 1. The fraction of sp³-hybridized carbons (Fsp3) is 0.486. The second kappa shape index (κ2) is 13.8. The smallest absolute Gasteiger partial charge is 0.410 e. The van der Waals surface area contributed by atoms with E-state index >= 15 is 8.78 Å². The quantitative estimate of drug-likeness (QED) is 0.273. The third-order valence-electron chi connectivity index (χ3n) is 8.84. The molecule has 51 heavy (non-hydrogen) atoms. The minimum atomic E-state index is -1.35. The van der Waals surface area contributed by atoms with Crippen molar-refractivity contribution in [3.63, 3.8) is 0 Å². The average molecular weight is 707 g/mol. The Morgan fingerprint density at radius 2 is 1.82 bits per heavy atom. The van der Waals surface area contributed by atoms with Crippen molar-refractivity contribution in [1.29, 1.82) is 0 Å². The van der Waals surface area contributed by atoms with E-state index in [0.717, 1.165) is 0 Å². The summed E-state index contributed by atoms with van der Waals surface area (Å²) in [5.41, 5.74) is -1.13. The first-order valence-corrected chi connectivity index (χ1v) is 17.2. The fourth-order valence-electron chi connectivity index (χ4n) is 6.64. The van der Waals surface area contributed by atoms with E-state index in [1.807, 2.05) is 25.7 Å². The van der Waals surface area contributed by atoms with Crippen molar-refractivity contribution in [2.45, 2.75) is 91.3 Å². The molecular weight excluding hydrogens is 662 g/mol. The number of benzene rings is 1. The molecule has 2 aliphatic heterocycles. The zero-order valence-corrected chi connectivity index (χ0v) is 30.1. The van der Waals surface area contributed by atoms with Crippen molar-refractivity contribution in [1.82, 2.24) is 24.4 Å². The summed E-state index contributed by atoms with van der Waals surface area (Å²) in [6.07, 6.45) is -1.60. The first-order valence-electron chi connectivity index (χ1n) is 17.2. The predicted molar refractivity (Wildman–Crippen MR) is 187 cm³/mol. The standard InChI is InChI=1S/C37H44F2N6O6/c1-19(2)29-31-22(12-13-40-29)32(46)27(50-20(3)4)18-49-26-11-9-10-24(38)28(26)30-25(39)16-23-33(42-35(47)45(31)34(23)41-30)44-15-14-43(17-21(44)5)36(48)51-37(6,7)8/h9-13,16,19-21,27,32,46H,14-15,17-18H2,1-8H3/t21-,27?,32?/m0/s1. The number of nitrogens with zero attached hydrogens (tertiary/aromatic N) is 6. The van der Waals surface area contributed by atoms with Gasteiger partial charge in [0.15, 0.2) is 11.5 Å². The van der Waals surface area contributed by atoms with E-state index in [1.54, 1.807) is 51.8 Å². The number of aliphatic hydroxyl groups excluding tert-OH is 1. The number of hydrogen-bond donors (Lipinski definition) is 1. The largest absolute Gasteiger partial charge is 0.490 e. The van der Waals surface area contributed by atoms with Crippen LogP contribution >= 0.6 is 0 Å². The second-order valence-electron chi connectivity index (χ2n) is 14.6. The highest BCUT2D eigenvalue weighted by Gasteiger charge is 2.35. The number of carbonyl (C=O) groups is 1. The number of ether oxygens (including phenoxy) is 3. The van der Waals surface area contributed by atoms with Crippen molar-refractivity contribution < 1.29 is 32.9 Å². The number of anilines is 1. The number of halogens is 2. The first kappa shape index (κ1) is 36.1. The maximum Gasteiger partial charge on any atom is 0.410 e. The normalized spacial score (nSPS) is 19.4. The van der Waals surface area contributed by atoms with Gasteiger partial charge in [-0.3, -0.25) is 4.98 Å². The van der Waals surface area contributed by atoms with Crippen LogP contribution in [0.15, 0.2) is 41.3 Å². The number of pyridine rings is 2. The maximum atomic E-state index is 16.5. The number of rotatable bonds is 4. The number of piperazine rings is 1. The minimum Gasteiger partial charge on any atom is -0.490 e. The molecule has 1 aromatic carbocycles. The summed E-state index contributed by atoms with van der Waals surface area (Å²) in [6.45, 7) is 15.2. The van der Waals surface area contributed by atoms with Crippen LogP contribution in [0.4, 0.5) is 19.4 Å². The van der Waals surface area contributed by atoms with Crippen molar-refractivity contribution in [3.05, 3.63) is 69.9 Å². The van der Waals surface area contributed by atoms with Crippen LogP contribution in [0.2, 0.25) is 0 Å². The summed E-state index contributed by atoms with van der Waals surface area (Å²) in [4.78, 5) is 44.6. The molecule has 14 heteroatoms. The number of aromatic nitrogens is 4.